The van der Waals surface area contributed by atoms with E-state index in [4.69, 9.17) is 14.0 Å². The van der Waals surface area contributed by atoms with Gasteiger partial charge in [0, 0.05) is 13.1 Å². The molecule has 1 aromatic carbocycles. The number of hydrogen-bond donors (Lipinski definition) is 0. The number of likely N-dealkylation sites (tertiary alicyclic amines) is 1. The second-order valence-electron chi connectivity index (χ2n) is 7.08. The first-order chi connectivity index (χ1) is 13.4. The Bertz CT molecular complexity index is 802. The van der Waals surface area contributed by atoms with Crippen LogP contribution in [-0.2, 0) is 27.4 Å². The number of carbonyl (C=O) groups is 2. The van der Waals surface area contributed by atoms with Gasteiger partial charge in [-0.2, -0.15) is 0 Å². The molecule has 1 aliphatic heterocycles. The lowest BCUT2D eigenvalue weighted by molar-refractivity contribution is -0.158. The van der Waals surface area contributed by atoms with Crippen molar-refractivity contribution in [2.75, 3.05) is 13.1 Å². The minimum atomic E-state index is -0.747. The van der Waals surface area contributed by atoms with Crippen LogP contribution in [0.5, 0.6) is 5.75 Å². The number of amides is 1. The molecule has 2 heterocycles. The van der Waals surface area contributed by atoms with Crippen LogP contribution in [0, 0.1) is 13.8 Å². The summed E-state index contributed by atoms with van der Waals surface area (Å²) < 4.78 is 16.2. The lowest BCUT2D eigenvalue weighted by Gasteiger charge is -2.20. The number of esters is 1. The number of carbonyl (C=O) groups excluding carboxylic acids is 2. The Morgan fingerprint density at radius 2 is 1.86 bits per heavy atom. The van der Waals surface area contributed by atoms with Gasteiger partial charge in [0.15, 0.2) is 6.10 Å². The topological polar surface area (TPSA) is 81.9 Å². The predicted molar refractivity (Wildman–Crippen MR) is 102 cm³/mol. The highest BCUT2D eigenvalue weighted by Crippen LogP contribution is 2.18. The summed E-state index contributed by atoms with van der Waals surface area (Å²) in [4.78, 5) is 26.1. The zero-order valence-electron chi connectivity index (χ0n) is 16.6. The average Bonchev–Trinajstić information content (AvgIpc) is 3.31. The first-order valence-corrected chi connectivity index (χ1v) is 9.56. The maximum atomic E-state index is 12.2. The van der Waals surface area contributed by atoms with Crippen molar-refractivity contribution >= 4 is 11.9 Å². The third-order valence-corrected chi connectivity index (χ3v) is 4.91. The molecule has 1 aliphatic rings. The Morgan fingerprint density at radius 1 is 1.18 bits per heavy atom. The van der Waals surface area contributed by atoms with Gasteiger partial charge < -0.3 is 18.9 Å². The van der Waals surface area contributed by atoms with Crippen LogP contribution >= 0.6 is 0 Å². The van der Waals surface area contributed by atoms with E-state index in [0.29, 0.717) is 12.4 Å². The van der Waals surface area contributed by atoms with Crippen molar-refractivity contribution in [1.29, 1.82) is 0 Å². The smallest absolute Gasteiger partial charge is 0.311 e. The maximum Gasteiger partial charge on any atom is 0.311 e. The molecule has 0 radical (unpaired) electrons. The van der Waals surface area contributed by atoms with Crippen molar-refractivity contribution in [3.8, 4) is 5.75 Å². The molecule has 7 nitrogen and oxygen atoms in total. The Balaban J connectivity index is 1.48. The van der Waals surface area contributed by atoms with Crippen molar-refractivity contribution in [3.05, 3.63) is 46.8 Å². The monoisotopic (exact) mass is 386 g/mol. The van der Waals surface area contributed by atoms with Gasteiger partial charge in [0.1, 0.15) is 18.1 Å². The van der Waals surface area contributed by atoms with E-state index >= 15 is 0 Å². The quantitative estimate of drug-likeness (QED) is 0.681. The minimum Gasteiger partial charge on any atom is -0.489 e. The van der Waals surface area contributed by atoms with Crippen LogP contribution in [0.2, 0.25) is 0 Å². The molecule has 1 aromatic heterocycles. The summed E-state index contributed by atoms with van der Waals surface area (Å²) in [7, 11) is 0. The summed E-state index contributed by atoms with van der Waals surface area (Å²) in [6.45, 7) is 7.22. The molecule has 150 valence electrons. The van der Waals surface area contributed by atoms with Crippen molar-refractivity contribution in [2.24, 2.45) is 0 Å². The predicted octanol–water partition coefficient (Wildman–Crippen LogP) is 2.97. The number of benzene rings is 1. The van der Waals surface area contributed by atoms with Gasteiger partial charge in [0.05, 0.1) is 17.7 Å². The Kier molecular flexibility index (Phi) is 6.34. The summed E-state index contributed by atoms with van der Waals surface area (Å²) in [5, 5.41) is 3.90. The Labute approximate surface area is 164 Å². The molecular formula is C21H26N2O5. The van der Waals surface area contributed by atoms with E-state index < -0.39 is 12.1 Å². The number of aryl methyl sites for hydroxylation is 2. The van der Waals surface area contributed by atoms with Crippen molar-refractivity contribution < 1.29 is 23.6 Å². The molecular weight excluding hydrogens is 360 g/mol. The van der Waals surface area contributed by atoms with Crippen LogP contribution in [0.1, 0.15) is 42.3 Å². The molecule has 3 rings (SSSR count). The van der Waals surface area contributed by atoms with Gasteiger partial charge in [-0.15, -0.1) is 0 Å². The molecule has 1 saturated heterocycles. The highest BCUT2D eigenvalue weighted by atomic mass is 16.5. The maximum absolute atomic E-state index is 12.2. The van der Waals surface area contributed by atoms with E-state index in [-0.39, 0.29) is 12.3 Å². The Hall–Kier alpha value is -2.83. The molecule has 0 aliphatic carbocycles. The van der Waals surface area contributed by atoms with Crippen LogP contribution < -0.4 is 4.74 Å². The van der Waals surface area contributed by atoms with E-state index in [9.17, 15) is 9.59 Å². The summed E-state index contributed by atoms with van der Waals surface area (Å²) >= 11 is 0. The molecule has 1 fully saturated rings. The van der Waals surface area contributed by atoms with Gasteiger partial charge in [-0.05, 0) is 51.3 Å². The second kappa shape index (κ2) is 8.91. The Morgan fingerprint density at radius 3 is 2.46 bits per heavy atom. The van der Waals surface area contributed by atoms with E-state index in [1.54, 1.807) is 24.0 Å². The zero-order valence-corrected chi connectivity index (χ0v) is 16.6. The molecule has 0 N–H and O–H groups in total. The lowest BCUT2D eigenvalue weighted by Crippen LogP contribution is -2.38. The molecule has 28 heavy (non-hydrogen) atoms. The normalized spacial score (nSPS) is 14.8. The molecule has 1 amide bonds. The number of nitrogens with zero attached hydrogens (tertiary/aromatic N) is 2. The molecule has 0 spiro atoms. The summed E-state index contributed by atoms with van der Waals surface area (Å²) in [6, 6.07) is 7.24. The van der Waals surface area contributed by atoms with Gasteiger partial charge in [-0.3, -0.25) is 9.59 Å². The van der Waals surface area contributed by atoms with E-state index in [0.717, 1.165) is 48.5 Å². The van der Waals surface area contributed by atoms with E-state index in [1.165, 1.54) is 0 Å². The number of ether oxygens (including phenoxy) is 2. The molecule has 7 heteroatoms. The third kappa shape index (κ3) is 4.91. The zero-order chi connectivity index (χ0) is 20.1. The highest BCUT2D eigenvalue weighted by molar-refractivity contribution is 5.84. The van der Waals surface area contributed by atoms with Crippen LogP contribution in [0.15, 0.2) is 28.8 Å². The number of rotatable bonds is 7. The first kappa shape index (κ1) is 19.9. The van der Waals surface area contributed by atoms with E-state index in [1.807, 2.05) is 26.0 Å². The fraction of sp³-hybridized carbons (Fsp3) is 0.476. The van der Waals surface area contributed by atoms with Gasteiger partial charge in [-0.1, -0.05) is 17.3 Å². The molecule has 0 saturated carbocycles. The SMILES string of the molecule is Cc1noc(C)c1COc1ccc(CC(=O)O[C@@H](C)C(=O)N2CCCC2)cc1. The molecule has 1 atom stereocenters. The van der Waals surface area contributed by atoms with Gasteiger partial charge in [0.25, 0.3) is 5.91 Å². The van der Waals surface area contributed by atoms with Crippen LogP contribution in [0.3, 0.4) is 0 Å². The van der Waals surface area contributed by atoms with Crippen LogP contribution in [0.25, 0.3) is 0 Å². The number of aromatic nitrogens is 1. The van der Waals surface area contributed by atoms with Crippen molar-refractivity contribution in [3.63, 3.8) is 0 Å². The largest absolute Gasteiger partial charge is 0.489 e. The highest BCUT2D eigenvalue weighted by Gasteiger charge is 2.25. The summed E-state index contributed by atoms with van der Waals surface area (Å²) in [6.07, 6.45) is 1.39. The van der Waals surface area contributed by atoms with Gasteiger partial charge in [-0.25, -0.2) is 0 Å². The summed E-state index contributed by atoms with van der Waals surface area (Å²) in [5.41, 5.74) is 2.55. The van der Waals surface area contributed by atoms with Gasteiger partial charge in [0.2, 0.25) is 0 Å². The average molecular weight is 386 g/mol. The number of hydrogen-bond acceptors (Lipinski definition) is 6. The first-order valence-electron chi connectivity index (χ1n) is 9.56. The second-order valence-corrected chi connectivity index (χ2v) is 7.08. The fourth-order valence-electron chi connectivity index (χ4n) is 3.22. The van der Waals surface area contributed by atoms with Crippen molar-refractivity contribution in [1.82, 2.24) is 10.1 Å². The summed E-state index contributed by atoms with van der Waals surface area (Å²) in [5.74, 6) is 0.905. The van der Waals surface area contributed by atoms with Crippen LogP contribution in [0.4, 0.5) is 0 Å². The molecule has 0 unspecified atom stereocenters. The standard InChI is InChI=1S/C21H26N2O5/c1-14-19(15(2)28-22-14)13-26-18-8-6-17(7-9-18)12-20(24)27-16(3)21(25)23-10-4-5-11-23/h6-9,16H,4-5,10-13H2,1-3H3/t16-/m0/s1. The van der Waals surface area contributed by atoms with Crippen LogP contribution in [-0.4, -0.2) is 41.1 Å². The minimum absolute atomic E-state index is 0.113. The lowest BCUT2D eigenvalue weighted by atomic mass is 10.1. The van der Waals surface area contributed by atoms with E-state index in [2.05, 4.69) is 5.16 Å². The third-order valence-electron chi connectivity index (χ3n) is 4.91. The molecule has 0 bridgehead atoms. The molecule has 2 aromatic rings. The van der Waals surface area contributed by atoms with Gasteiger partial charge >= 0.3 is 5.97 Å². The fourth-order valence-corrected chi connectivity index (χ4v) is 3.22. The van der Waals surface area contributed by atoms with Crippen molar-refractivity contribution in [2.45, 2.75) is 52.7 Å².